The number of nitrogens with two attached hydrogens (primary N) is 2. The minimum absolute atomic E-state index is 0.0669. The van der Waals surface area contributed by atoms with Crippen molar-refractivity contribution >= 4 is 11.4 Å². The Morgan fingerprint density at radius 1 is 0.348 bits per heavy atom. The Kier molecular flexibility index (Phi) is 8.74. The van der Waals surface area contributed by atoms with Crippen molar-refractivity contribution in [2.75, 3.05) is 11.5 Å². The van der Waals surface area contributed by atoms with E-state index in [2.05, 4.69) is 9.47 Å². The summed E-state index contributed by atoms with van der Waals surface area (Å²) in [6, 6.07) is -2.30. The number of benzene rings is 3. The summed E-state index contributed by atoms with van der Waals surface area (Å²) in [7, 11) is 0. The lowest BCUT2D eigenvalue weighted by Gasteiger charge is -2.22. The smallest absolute Gasteiger partial charge is 0.420 e. The van der Waals surface area contributed by atoms with Gasteiger partial charge in [0.1, 0.15) is 23.0 Å². The highest BCUT2D eigenvalue weighted by Crippen LogP contribution is 2.51. The van der Waals surface area contributed by atoms with Crippen LogP contribution in [0.2, 0.25) is 0 Å². The predicted molar refractivity (Wildman–Crippen MR) is 118 cm³/mol. The monoisotopic (exact) mass is 700 g/mol. The van der Waals surface area contributed by atoms with Crippen LogP contribution in [0.5, 0.6) is 23.0 Å². The van der Waals surface area contributed by atoms with E-state index in [0.717, 1.165) is 0 Å². The molecule has 0 unspecified atom stereocenters. The molecule has 0 fully saturated rings. The molecule has 0 saturated heterocycles. The van der Waals surface area contributed by atoms with E-state index in [-0.39, 0.29) is 18.2 Å². The third kappa shape index (κ3) is 7.69. The van der Waals surface area contributed by atoms with Crippen LogP contribution in [0, 0.1) is 0 Å². The Morgan fingerprint density at radius 3 is 0.870 bits per heavy atom. The van der Waals surface area contributed by atoms with Gasteiger partial charge in [0.25, 0.3) is 0 Å². The van der Waals surface area contributed by atoms with Gasteiger partial charge in [0, 0.05) is 29.6 Å². The van der Waals surface area contributed by atoms with Gasteiger partial charge >= 0.3 is 37.1 Å². The van der Waals surface area contributed by atoms with Gasteiger partial charge in [0.2, 0.25) is 0 Å². The second kappa shape index (κ2) is 11.1. The lowest BCUT2D eigenvalue weighted by Crippen LogP contribution is -2.19. The Bertz CT molecular complexity index is 1510. The van der Waals surface area contributed by atoms with E-state index in [1.807, 2.05) is 0 Å². The number of halogens is 18. The van der Waals surface area contributed by atoms with Gasteiger partial charge in [-0.3, -0.25) is 0 Å². The van der Waals surface area contributed by atoms with Gasteiger partial charge in [-0.05, 0) is 18.2 Å². The molecule has 0 radical (unpaired) electrons. The minimum Gasteiger partial charge on any atom is -0.456 e. The number of hydrogen-bond donors (Lipinski definition) is 2. The molecule has 3 rings (SSSR count). The highest BCUT2D eigenvalue weighted by molar-refractivity contribution is 5.61. The molecule has 0 spiro atoms. The standard InChI is InChI=1S/C24H10F18N2O2/c25-19(26,27)9-5-10(20(28,29)30)16(46-8-2-12(22(34,35)36)18(14(44)4-8)24(40,41)42)6-15(9)45-7-1-11(21(31,32)33)17(13(43)3-7)23(37,38)39/h1-6H,43-44H2. The molecule has 0 saturated carbocycles. The second-order valence-corrected chi connectivity index (χ2v) is 8.91. The highest BCUT2D eigenvalue weighted by Gasteiger charge is 2.47. The van der Waals surface area contributed by atoms with Crippen LogP contribution in [0.25, 0.3) is 0 Å². The van der Waals surface area contributed by atoms with Gasteiger partial charge in [0.15, 0.2) is 0 Å². The van der Waals surface area contributed by atoms with Crippen molar-refractivity contribution in [3.8, 4) is 23.0 Å². The van der Waals surface area contributed by atoms with Crippen molar-refractivity contribution in [3.05, 3.63) is 69.8 Å². The lowest BCUT2D eigenvalue weighted by atomic mass is 10.0. The third-order valence-corrected chi connectivity index (χ3v) is 5.61. The maximum absolute atomic E-state index is 13.7. The third-order valence-electron chi connectivity index (χ3n) is 5.61. The normalized spacial score (nSPS) is 13.6. The number of rotatable bonds is 4. The average Bonchev–Trinajstić information content (AvgIpc) is 2.79. The van der Waals surface area contributed by atoms with Crippen molar-refractivity contribution in [1.82, 2.24) is 0 Å². The zero-order valence-electron chi connectivity index (χ0n) is 21.2. The Hall–Kier alpha value is -4.40. The van der Waals surface area contributed by atoms with Gasteiger partial charge in [0.05, 0.1) is 33.4 Å². The molecule has 0 aliphatic carbocycles. The molecule has 3 aromatic rings. The number of alkyl halides is 18. The van der Waals surface area contributed by atoms with E-state index in [1.54, 1.807) is 0 Å². The minimum atomic E-state index is -5.88. The zero-order valence-corrected chi connectivity index (χ0v) is 21.2. The summed E-state index contributed by atoms with van der Waals surface area (Å²) in [6.07, 6.45) is -35.0. The van der Waals surface area contributed by atoms with Crippen LogP contribution in [0.4, 0.5) is 90.4 Å². The summed E-state index contributed by atoms with van der Waals surface area (Å²) >= 11 is 0. The molecule has 0 amide bonds. The van der Waals surface area contributed by atoms with Crippen molar-refractivity contribution in [2.45, 2.75) is 37.1 Å². The fourth-order valence-corrected chi connectivity index (χ4v) is 3.90. The fraction of sp³-hybridized carbons (Fsp3) is 0.250. The Morgan fingerprint density at radius 2 is 0.630 bits per heavy atom. The van der Waals surface area contributed by atoms with E-state index in [9.17, 15) is 79.0 Å². The summed E-state index contributed by atoms with van der Waals surface area (Å²) < 4.78 is 251. The van der Waals surface area contributed by atoms with E-state index in [4.69, 9.17) is 11.5 Å². The molecule has 0 heterocycles. The van der Waals surface area contributed by atoms with Crippen LogP contribution in [-0.2, 0) is 37.1 Å². The van der Waals surface area contributed by atoms with Gasteiger partial charge in [-0.25, -0.2) is 0 Å². The van der Waals surface area contributed by atoms with Crippen molar-refractivity contribution < 1.29 is 88.5 Å². The van der Waals surface area contributed by atoms with Crippen molar-refractivity contribution in [1.29, 1.82) is 0 Å². The first-order chi connectivity index (χ1) is 20.4. The van der Waals surface area contributed by atoms with Crippen LogP contribution < -0.4 is 20.9 Å². The van der Waals surface area contributed by atoms with Gasteiger partial charge < -0.3 is 20.9 Å². The molecule has 46 heavy (non-hydrogen) atoms. The van der Waals surface area contributed by atoms with E-state index >= 15 is 0 Å². The first-order valence-corrected chi connectivity index (χ1v) is 11.3. The maximum Gasteiger partial charge on any atom is 0.420 e. The van der Waals surface area contributed by atoms with Crippen LogP contribution in [-0.4, -0.2) is 0 Å². The second-order valence-electron chi connectivity index (χ2n) is 8.91. The molecule has 0 atom stereocenters. The lowest BCUT2D eigenvalue weighted by molar-refractivity contribution is -0.161. The van der Waals surface area contributed by atoms with Crippen LogP contribution in [0.1, 0.15) is 33.4 Å². The zero-order chi connectivity index (χ0) is 35.6. The highest BCUT2D eigenvalue weighted by atomic mass is 19.4. The van der Waals surface area contributed by atoms with E-state index < -0.39 is 123 Å². The van der Waals surface area contributed by atoms with Crippen LogP contribution >= 0.6 is 0 Å². The largest absolute Gasteiger partial charge is 0.456 e. The quantitative estimate of drug-likeness (QED) is 0.210. The van der Waals surface area contributed by atoms with Gasteiger partial charge in [-0.2, -0.15) is 79.0 Å². The summed E-state index contributed by atoms with van der Waals surface area (Å²) in [6.45, 7) is 0. The number of ether oxygens (including phenoxy) is 2. The Balaban J connectivity index is 2.32. The molecule has 4 N–H and O–H groups in total. The molecule has 0 aromatic heterocycles. The molecule has 22 heteroatoms. The van der Waals surface area contributed by atoms with E-state index in [0.29, 0.717) is 0 Å². The topological polar surface area (TPSA) is 70.5 Å². The maximum atomic E-state index is 13.7. The molecule has 0 aliphatic heterocycles. The molecule has 4 nitrogen and oxygen atoms in total. The molecule has 254 valence electrons. The summed E-state index contributed by atoms with van der Waals surface area (Å²) in [4.78, 5) is 0. The molecular formula is C24H10F18N2O2. The number of hydrogen-bond acceptors (Lipinski definition) is 4. The first-order valence-electron chi connectivity index (χ1n) is 11.3. The Labute approximate surface area is 242 Å². The predicted octanol–water partition coefficient (Wildman–Crippen LogP) is 10.5. The summed E-state index contributed by atoms with van der Waals surface area (Å²) in [5, 5.41) is 0. The summed E-state index contributed by atoms with van der Waals surface area (Å²) in [5.41, 5.74) is -8.53. The van der Waals surface area contributed by atoms with Crippen LogP contribution in [0.3, 0.4) is 0 Å². The molecular weight excluding hydrogens is 690 g/mol. The fourth-order valence-electron chi connectivity index (χ4n) is 3.90. The molecule has 0 aliphatic rings. The summed E-state index contributed by atoms with van der Waals surface area (Å²) in [5.74, 6) is -6.93. The van der Waals surface area contributed by atoms with Crippen molar-refractivity contribution in [2.24, 2.45) is 0 Å². The number of anilines is 2. The van der Waals surface area contributed by atoms with Crippen LogP contribution in [0.15, 0.2) is 36.4 Å². The number of nitrogen functional groups attached to an aromatic ring is 2. The van der Waals surface area contributed by atoms with Gasteiger partial charge in [-0.1, -0.05) is 0 Å². The average molecular weight is 700 g/mol. The van der Waals surface area contributed by atoms with Crippen molar-refractivity contribution in [3.63, 3.8) is 0 Å². The van der Waals surface area contributed by atoms with Gasteiger partial charge in [-0.15, -0.1) is 0 Å². The van der Waals surface area contributed by atoms with E-state index in [1.165, 1.54) is 0 Å². The molecule has 0 bridgehead atoms. The first kappa shape index (κ1) is 36.1. The SMILES string of the molecule is Nc1cc(Oc2cc(Oc3cc(N)c(C(F)(F)F)c(C(F)(F)F)c3)c(C(F)(F)F)cc2C(F)(F)F)cc(C(F)(F)F)c1C(F)(F)F. The molecule has 3 aromatic carbocycles.